The zero-order chi connectivity index (χ0) is 17.9. The number of benzene rings is 1. The third-order valence-corrected chi connectivity index (χ3v) is 5.83. The molecule has 0 aromatic heterocycles. The van der Waals surface area contributed by atoms with Crippen molar-refractivity contribution in [2.75, 3.05) is 20.2 Å². The quantitative estimate of drug-likeness (QED) is 0.815. The van der Waals surface area contributed by atoms with Crippen molar-refractivity contribution >= 4 is 17.8 Å². The van der Waals surface area contributed by atoms with E-state index in [1.165, 1.54) is 21.6 Å². The van der Waals surface area contributed by atoms with Crippen molar-refractivity contribution in [3.63, 3.8) is 0 Å². The molecule has 3 aliphatic heterocycles. The van der Waals surface area contributed by atoms with E-state index < -0.39 is 0 Å². The first-order valence-electron chi connectivity index (χ1n) is 8.89. The Morgan fingerprint density at radius 2 is 2.12 bits per heavy atom. The van der Waals surface area contributed by atoms with E-state index in [9.17, 15) is 0 Å². The van der Waals surface area contributed by atoms with Crippen LogP contribution in [0.25, 0.3) is 0 Å². The van der Waals surface area contributed by atoms with Crippen molar-refractivity contribution in [3.8, 4) is 0 Å². The van der Waals surface area contributed by atoms with Crippen LogP contribution in [0.1, 0.15) is 12.0 Å². The molecule has 1 N–H and O–H groups in total. The topological polar surface area (TPSA) is 36.9 Å². The van der Waals surface area contributed by atoms with E-state index >= 15 is 0 Å². The number of nitrogens with one attached hydrogen (secondary N) is 1. The van der Waals surface area contributed by atoms with Crippen LogP contribution in [0.2, 0.25) is 0 Å². The molecule has 1 aromatic rings. The minimum Gasteiger partial charge on any atom is -0.481 e. The van der Waals surface area contributed by atoms with Gasteiger partial charge in [-0.3, -0.25) is 0 Å². The number of dihydropyridines is 1. The molecule has 134 valence electrons. The predicted octanol–water partition coefficient (Wildman–Crippen LogP) is 4.19. The van der Waals surface area contributed by atoms with Gasteiger partial charge >= 0.3 is 0 Å². The van der Waals surface area contributed by atoms with Crippen LogP contribution in [-0.2, 0) is 4.74 Å². The monoisotopic (exact) mass is 365 g/mol. The average molecular weight is 366 g/mol. The van der Waals surface area contributed by atoms with Crippen LogP contribution < -0.4 is 5.32 Å². The SMILES string of the molecule is COC1=NC2=CC(C=C1)C(C1=CCN(Sc3ccc(C)cc3)CC1)=CN2. The van der Waals surface area contributed by atoms with Crippen molar-refractivity contribution in [1.29, 1.82) is 0 Å². The van der Waals surface area contributed by atoms with Gasteiger partial charge in [-0.25, -0.2) is 4.31 Å². The van der Waals surface area contributed by atoms with Crippen LogP contribution in [0.15, 0.2) is 81.6 Å². The van der Waals surface area contributed by atoms with Crippen molar-refractivity contribution in [1.82, 2.24) is 9.62 Å². The molecule has 0 spiro atoms. The summed E-state index contributed by atoms with van der Waals surface area (Å²) in [5.74, 6) is 1.75. The first-order valence-corrected chi connectivity index (χ1v) is 9.67. The largest absolute Gasteiger partial charge is 0.481 e. The van der Waals surface area contributed by atoms with E-state index in [1.54, 1.807) is 7.11 Å². The lowest BCUT2D eigenvalue weighted by molar-refractivity contribution is 0.406. The van der Waals surface area contributed by atoms with Crippen molar-refractivity contribution in [2.24, 2.45) is 10.9 Å². The number of hydrogen-bond donors (Lipinski definition) is 1. The number of methoxy groups -OCH3 is 1. The molecular formula is C21H23N3OS. The minimum atomic E-state index is 0.255. The molecule has 5 heteroatoms. The molecule has 0 fully saturated rings. The van der Waals surface area contributed by atoms with Gasteiger partial charge in [0.2, 0.25) is 5.90 Å². The van der Waals surface area contributed by atoms with Gasteiger partial charge in [0.05, 0.1) is 7.11 Å². The van der Waals surface area contributed by atoms with Crippen LogP contribution in [0.4, 0.5) is 0 Å². The molecule has 4 rings (SSSR count). The van der Waals surface area contributed by atoms with E-state index in [4.69, 9.17) is 4.74 Å². The lowest BCUT2D eigenvalue weighted by Crippen LogP contribution is -2.25. The molecule has 2 bridgehead atoms. The normalized spacial score (nSPS) is 22.5. The van der Waals surface area contributed by atoms with Crippen LogP contribution in [-0.4, -0.2) is 30.4 Å². The Morgan fingerprint density at radius 3 is 2.85 bits per heavy atom. The zero-order valence-corrected chi connectivity index (χ0v) is 15.9. The molecule has 3 heterocycles. The highest BCUT2D eigenvalue weighted by Crippen LogP contribution is 2.33. The van der Waals surface area contributed by atoms with Crippen LogP contribution in [0.3, 0.4) is 0 Å². The number of fused-ring (bicyclic) bond motifs is 1. The number of ether oxygens (including phenoxy) is 1. The van der Waals surface area contributed by atoms with Gasteiger partial charge in [0.1, 0.15) is 5.82 Å². The van der Waals surface area contributed by atoms with E-state index in [1.807, 2.05) is 18.0 Å². The molecule has 3 aliphatic rings. The van der Waals surface area contributed by atoms with Crippen molar-refractivity contribution < 1.29 is 4.74 Å². The summed E-state index contributed by atoms with van der Waals surface area (Å²) in [6, 6.07) is 8.74. The highest BCUT2D eigenvalue weighted by Gasteiger charge is 2.23. The summed E-state index contributed by atoms with van der Waals surface area (Å²) >= 11 is 1.84. The Kier molecular flexibility index (Phi) is 5.00. The Bertz CT molecular complexity index is 833. The van der Waals surface area contributed by atoms with Crippen molar-refractivity contribution in [3.05, 3.63) is 77.3 Å². The molecule has 0 radical (unpaired) electrons. The number of hydrogen-bond acceptors (Lipinski definition) is 5. The van der Waals surface area contributed by atoms with Gasteiger partial charge < -0.3 is 10.1 Å². The second kappa shape index (κ2) is 7.56. The lowest BCUT2D eigenvalue weighted by atomic mass is 9.88. The summed E-state index contributed by atoms with van der Waals surface area (Å²) in [6.45, 7) is 4.13. The molecule has 1 unspecified atom stereocenters. The van der Waals surface area contributed by atoms with Crippen LogP contribution >= 0.6 is 11.9 Å². The maximum Gasteiger partial charge on any atom is 0.214 e. The first kappa shape index (κ1) is 17.2. The molecule has 0 saturated heterocycles. The third kappa shape index (κ3) is 3.79. The number of aliphatic imine (C=N–C) groups is 1. The second-order valence-electron chi connectivity index (χ2n) is 6.61. The average Bonchev–Trinajstić information content (AvgIpc) is 2.83. The molecular weight excluding hydrogens is 342 g/mol. The number of nitrogens with zero attached hydrogens (tertiary/aromatic N) is 2. The fourth-order valence-electron chi connectivity index (χ4n) is 3.29. The molecule has 1 atom stereocenters. The smallest absolute Gasteiger partial charge is 0.214 e. The summed E-state index contributed by atoms with van der Waals surface area (Å²) in [5, 5.41) is 3.29. The van der Waals surface area contributed by atoms with Gasteiger partial charge in [-0.1, -0.05) is 29.8 Å². The van der Waals surface area contributed by atoms with Crippen LogP contribution in [0.5, 0.6) is 0 Å². The fourth-order valence-corrected chi connectivity index (χ4v) is 4.18. The summed E-state index contributed by atoms with van der Waals surface area (Å²) in [7, 11) is 1.65. The number of aryl methyl sites for hydroxylation is 1. The highest BCUT2D eigenvalue weighted by atomic mass is 32.2. The van der Waals surface area contributed by atoms with Gasteiger partial charge in [0.15, 0.2) is 0 Å². The Balaban J connectivity index is 1.42. The Labute approximate surface area is 159 Å². The third-order valence-electron chi connectivity index (χ3n) is 4.76. The lowest BCUT2D eigenvalue weighted by Gasteiger charge is -2.28. The van der Waals surface area contributed by atoms with Gasteiger partial charge in [0.25, 0.3) is 0 Å². The molecule has 0 aliphatic carbocycles. The molecule has 4 nitrogen and oxygen atoms in total. The maximum absolute atomic E-state index is 5.27. The van der Waals surface area contributed by atoms with E-state index in [2.05, 4.69) is 70.2 Å². The number of rotatable bonds is 3. The Morgan fingerprint density at radius 1 is 1.27 bits per heavy atom. The molecule has 1 aromatic carbocycles. The minimum absolute atomic E-state index is 0.255. The fraction of sp³-hybridized carbons (Fsp3) is 0.286. The standard InChI is InChI=1S/C21H23N3OS/c1-15-3-6-18(7-4-15)26-24-11-9-16(10-12-24)19-14-22-20-13-17(19)5-8-21(23-20)25-2/h3-9,13-14,17,22H,10-12H2,1-2H3. The summed E-state index contributed by atoms with van der Waals surface area (Å²) in [4.78, 5) is 5.74. The summed E-state index contributed by atoms with van der Waals surface area (Å²) in [5.41, 5.74) is 4.05. The highest BCUT2D eigenvalue weighted by molar-refractivity contribution is 7.97. The van der Waals surface area contributed by atoms with Gasteiger partial charge in [-0.05, 0) is 60.7 Å². The van der Waals surface area contributed by atoms with Crippen LogP contribution in [0, 0.1) is 12.8 Å². The predicted molar refractivity (Wildman–Crippen MR) is 108 cm³/mol. The summed E-state index contributed by atoms with van der Waals surface area (Å²) < 4.78 is 7.69. The molecule has 26 heavy (non-hydrogen) atoms. The number of allylic oxidation sites excluding steroid dienone is 3. The zero-order valence-electron chi connectivity index (χ0n) is 15.1. The Hall–Kier alpha value is -2.24. The van der Waals surface area contributed by atoms with Gasteiger partial charge in [0, 0.05) is 30.1 Å². The molecule has 0 amide bonds. The molecule has 0 saturated carbocycles. The van der Waals surface area contributed by atoms with E-state index in [0.717, 1.165) is 25.3 Å². The first-order chi connectivity index (χ1) is 12.7. The van der Waals surface area contributed by atoms with Gasteiger partial charge in [-0.15, -0.1) is 0 Å². The second-order valence-corrected chi connectivity index (χ2v) is 7.78. The maximum atomic E-state index is 5.27. The van der Waals surface area contributed by atoms with E-state index in [0.29, 0.717) is 5.90 Å². The van der Waals surface area contributed by atoms with E-state index in [-0.39, 0.29) is 5.92 Å². The van der Waals surface area contributed by atoms with Crippen molar-refractivity contribution in [2.45, 2.75) is 18.2 Å². The van der Waals surface area contributed by atoms with Gasteiger partial charge in [-0.2, -0.15) is 4.99 Å². The summed E-state index contributed by atoms with van der Waals surface area (Å²) in [6.07, 6.45) is 11.8.